The molecule has 0 bridgehead atoms. The van der Waals surface area contributed by atoms with E-state index in [1.165, 1.54) is 0 Å². The van der Waals surface area contributed by atoms with Gasteiger partial charge < -0.3 is 19.5 Å². The van der Waals surface area contributed by atoms with E-state index in [2.05, 4.69) is 44.4 Å². The quantitative estimate of drug-likeness (QED) is 0.311. The zero-order chi connectivity index (χ0) is 21.7. The first-order valence-corrected chi connectivity index (χ1v) is 11.0. The first kappa shape index (κ1) is 29.0. The average Bonchev–Trinajstić information content (AvgIpc) is 2.64. The van der Waals surface area contributed by atoms with Gasteiger partial charge in [0.1, 0.15) is 12.1 Å². The zero-order valence-corrected chi connectivity index (χ0v) is 19.2. The molecule has 0 heterocycles. The molecule has 5 nitrogen and oxygen atoms in total. The van der Waals surface area contributed by atoms with Gasteiger partial charge in [-0.2, -0.15) is 11.8 Å². The van der Waals surface area contributed by atoms with Crippen molar-refractivity contribution in [3.8, 4) is 24.7 Å². The molecule has 0 aromatic rings. The van der Waals surface area contributed by atoms with Crippen molar-refractivity contribution < 1.29 is 19.0 Å². The van der Waals surface area contributed by atoms with Crippen LogP contribution in [-0.4, -0.2) is 62.6 Å². The average molecular weight is 414 g/mol. The molecule has 0 aliphatic heterocycles. The summed E-state index contributed by atoms with van der Waals surface area (Å²) in [6.07, 6.45) is 11.4. The van der Waals surface area contributed by atoms with Gasteiger partial charge in [0, 0.05) is 25.4 Å². The molecule has 0 saturated carbocycles. The Morgan fingerprint density at radius 2 is 1.71 bits per heavy atom. The lowest BCUT2D eigenvalue weighted by atomic mass is 10.0. The number of carbonyl (C=O) groups excluding carboxylic acids is 1. The molecule has 28 heavy (non-hydrogen) atoms. The number of hydrogen-bond acceptors (Lipinski definition) is 5. The largest absolute Gasteiger partial charge is 0.379 e. The van der Waals surface area contributed by atoms with Crippen LogP contribution in [0.2, 0.25) is 0 Å². The predicted molar refractivity (Wildman–Crippen MR) is 119 cm³/mol. The second-order valence-corrected chi connectivity index (χ2v) is 7.95. The molecule has 0 radical (unpaired) electrons. The van der Waals surface area contributed by atoms with Gasteiger partial charge in [0.2, 0.25) is 5.91 Å². The summed E-state index contributed by atoms with van der Waals surface area (Å²) in [5, 5.41) is 3.08. The molecule has 0 aromatic carbocycles. The Morgan fingerprint density at radius 1 is 1.11 bits per heavy atom. The summed E-state index contributed by atoms with van der Waals surface area (Å²) >= 11 is 1.79. The van der Waals surface area contributed by atoms with Crippen LogP contribution in [0.15, 0.2) is 0 Å². The lowest BCUT2D eigenvalue weighted by Gasteiger charge is -2.34. The molecule has 0 spiro atoms. The number of terminal acetylenes is 2. The van der Waals surface area contributed by atoms with Crippen LogP contribution >= 0.6 is 11.8 Å². The van der Waals surface area contributed by atoms with Crippen molar-refractivity contribution in [2.45, 2.75) is 53.0 Å². The van der Waals surface area contributed by atoms with Gasteiger partial charge in [0.15, 0.2) is 0 Å². The third kappa shape index (κ3) is 18.2. The third-order valence-electron chi connectivity index (χ3n) is 3.20. The van der Waals surface area contributed by atoms with Crippen LogP contribution in [0.1, 0.15) is 47.5 Å². The van der Waals surface area contributed by atoms with Gasteiger partial charge in [-0.15, -0.1) is 18.8 Å². The standard InChI is InChI=1S/C19H35NO4S.C3H4/c1-6-10-23-15-19(14-22-8-3,16-24-13-17(4)5)20-18(21)9-12-25-11-7-2;1-3-2/h1,17H,7-16H2,2-5H3,(H,20,21);1H,2H3. The van der Waals surface area contributed by atoms with Crippen LogP contribution in [0.3, 0.4) is 0 Å². The van der Waals surface area contributed by atoms with Crippen LogP contribution in [0.5, 0.6) is 0 Å². The predicted octanol–water partition coefficient (Wildman–Crippen LogP) is 3.37. The highest BCUT2D eigenvalue weighted by Crippen LogP contribution is 2.12. The van der Waals surface area contributed by atoms with Gasteiger partial charge in [-0.1, -0.05) is 26.7 Å². The van der Waals surface area contributed by atoms with E-state index in [1.54, 1.807) is 18.7 Å². The molecule has 0 aliphatic carbocycles. The van der Waals surface area contributed by atoms with Crippen molar-refractivity contribution in [3.05, 3.63) is 0 Å². The van der Waals surface area contributed by atoms with Crippen LogP contribution in [-0.2, 0) is 19.0 Å². The number of rotatable bonds is 16. The fourth-order valence-corrected chi connectivity index (χ4v) is 2.92. The molecule has 0 aromatic heterocycles. The Bertz CT molecular complexity index is 456. The van der Waals surface area contributed by atoms with E-state index in [0.717, 1.165) is 17.9 Å². The molecule has 6 heteroatoms. The molecule has 1 amide bonds. The van der Waals surface area contributed by atoms with Crippen LogP contribution in [0, 0.1) is 30.6 Å². The third-order valence-corrected chi connectivity index (χ3v) is 4.39. The first-order valence-electron chi connectivity index (χ1n) is 9.84. The molecular formula is C22H39NO4S. The Morgan fingerprint density at radius 3 is 2.25 bits per heavy atom. The van der Waals surface area contributed by atoms with E-state index < -0.39 is 5.54 Å². The maximum absolute atomic E-state index is 12.4. The summed E-state index contributed by atoms with van der Waals surface area (Å²) < 4.78 is 16.9. The lowest BCUT2D eigenvalue weighted by molar-refractivity contribution is -0.127. The number of ether oxygens (including phenoxy) is 3. The Kier molecular flexibility index (Phi) is 21.3. The molecule has 162 valence electrons. The number of carbonyl (C=O) groups is 1. The minimum Gasteiger partial charge on any atom is -0.379 e. The zero-order valence-electron chi connectivity index (χ0n) is 18.3. The number of nitrogens with one attached hydrogen (secondary N) is 1. The molecule has 1 unspecified atom stereocenters. The van der Waals surface area contributed by atoms with Crippen molar-refractivity contribution in [1.82, 2.24) is 5.32 Å². The molecular weight excluding hydrogens is 374 g/mol. The van der Waals surface area contributed by atoms with Gasteiger partial charge in [-0.05, 0) is 31.9 Å². The van der Waals surface area contributed by atoms with E-state index in [9.17, 15) is 4.79 Å². The minimum absolute atomic E-state index is 0.0132. The van der Waals surface area contributed by atoms with Gasteiger partial charge >= 0.3 is 0 Å². The molecule has 0 saturated heterocycles. The van der Waals surface area contributed by atoms with Crippen molar-refractivity contribution in [1.29, 1.82) is 0 Å². The molecule has 1 N–H and O–H groups in total. The SMILES string of the molecule is C#CC.C#CCOCC(COCC)(COCC(C)C)NC(=O)CCSCCC. The van der Waals surface area contributed by atoms with E-state index in [1.807, 2.05) is 6.92 Å². The minimum atomic E-state index is -0.714. The van der Waals surface area contributed by atoms with E-state index >= 15 is 0 Å². The molecule has 0 rings (SSSR count). The normalized spacial score (nSPS) is 12.3. The highest BCUT2D eigenvalue weighted by molar-refractivity contribution is 7.99. The van der Waals surface area contributed by atoms with Gasteiger partial charge in [0.05, 0.1) is 19.8 Å². The Balaban J connectivity index is 0. The number of hydrogen-bond donors (Lipinski definition) is 1. The van der Waals surface area contributed by atoms with Gasteiger partial charge in [-0.25, -0.2) is 0 Å². The number of amides is 1. The Hall–Kier alpha value is -1.18. The van der Waals surface area contributed by atoms with Crippen LogP contribution in [0.4, 0.5) is 0 Å². The highest BCUT2D eigenvalue weighted by Gasteiger charge is 2.33. The topological polar surface area (TPSA) is 56.8 Å². The van der Waals surface area contributed by atoms with Crippen molar-refractivity contribution in [3.63, 3.8) is 0 Å². The maximum Gasteiger partial charge on any atom is 0.221 e. The van der Waals surface area contributed by atoms with E-state index in [-0.39, 0.29) is 19.1 Å². The second-order valence-electron chi connectivity index (χ2n) is 6.72. The highest BCUT2D eigenvalue weighted by atomic mass is 32.2. The first-order chi connectivity index (χ1) is 13.4. The van der Waals surface area contributed by atoms with E-state index in [4.69, 9.17) is 20.6 Å². The van der Waals surface area contributed by atoms with Crippen molar-refractivity contribution in [2.24, 2.45) is 5.92 Å². The van der Waals surface area contributed by atoms with Gasteiger partial charge in [-0.3, -0.25) is 4.79 Å². The van der Waals surface area contributed by atoms with Crippen molar-refractivity contribution in [2.75, 3.05) is 51.1 Å². The Labute approximate surface area is 177 Å². The fraction of sp³-hybridized carbons (Fsp3) is 0.773. The summed E-state index contributed by atoms with van der Waals surface area (Å²) in [5.74, 6) is 6.98. The summed E-state index contributed by atoms with van der Waals surface area (Å²) in [5.41, 5.74) is -0.714. The lowest BCUT2D eigenvalue weighted by Crippen LogP contribution is -2.58. The van der Waals surface area contributed by atoms with E-state index in [0.29, 0.717) is 38.8 Å². The maximum atomic E-state index is 12.4. The number of thioether (sulfide) groups is 1. The van der Waals surface area contributed by atoms with Gasteiger partial charge in [0.25, 0.3) is 0 Å². The summed E-state index contributed by atoms with van der Waals surface area (Å²) in [7, 11) is 0. The summed E-state index contributed by atoms with van der Waals surface area (Å²) in [6.45, 7) is 12.2. The summed E-state index contributed by atoms with van der Waals surface area (Å²) in [4.78, 5) is 12.4. The van der Waals surface area contributed by atoms with Crippen LogP contribution < -0.4 is 5.32 Å². The summed E-state index contributed by atoms with van der Waals surface area (Å²) in [6, 6.07) is 0. The monoisotopic (exact) mass is 413 g/mol. The fourth-order valence-electron chi connectivity index (χ4n) is 2.10. The van der Waals surface area contributed by atoms with Crippen molar-refractivity contribution >= 4 is 17.7 Å². The molecule has 1 atom stereocenters. The molecule has 0 fully saturated rings. The van der Waals surface area contributed by atoms with Crippen LogP contribution in [0.25, 0.3) is 0 Å². The smallest absolute Gasteiger partial charge is 0.221 e. The molecule has 0 aliphatic rings. The second kappa shape index (κ2) is 20.6.